The van der Waals surface area contributed by atoms with E-state index in [1.54, 1.807) is 30.0 Å². The van der Waals surface area contributed by atoms with E-state index in [2.05, 4.69) is 16.3 Å². The van der Waals surface area contributed by atoms with Crippen molar-refractivity contribution in [1.82, 2.24) is 0 Å². The van der Waals surface area contributed by atoms with Gasteiger partial charge in [0.25, 0.3) is 11.8 Å². The minimum atomic E-state index is -0.487. The van der Waals surface area contributed by atoms with Crippen LogP contribution in [0.4, 0.5) is 21.5 Å². The van der Waals surface area contributed by atoms with Gasteiger partial charge in [-0.25, -0.2) is 4.39 Å². The number of para-hydroxylation sites is 2. The molecule has 5 nitrogen and oxygen atoms in total. The number of allylic oxidation sites excluding steroid dienone is 2. The second kappa shape index (κ2) is 8.80. The fourth-order valence-electron chi connectivity index (χ4n) is 4.24. The molecule has 0 atom stereocenters. The molecule has 0 spiro atoms. The highest BCUT2D eigenvalue weighted by Crippen LogP contribution is 2.39. The number of fused-ring (bicyclic) bond motifs is 3. The first-order valence-electron chi connectivity index (χ1n) is 10.8. The van der Waals surface area contributed by atoms with Crippen LogP contribution >= 0.6 is 11.6 Å². The number of halogens is 2. The molecule has 34 heavy (non-hydrogen) atoms. The van der Waals surface area contributed by atoms with Crippen LogP contribution in [0.25, 0.3) is 0 Å². The van der Waals surface area contributed by atoms with Crippen LogP contribution in [0, 0.1) is 12.7 Å². The van der Waals surface area contributed by atoms with Gasteiger partial charge in [0.2, 0.25) is 0 Å². The number of nitrogens with zero attached hydrogens (tertiary/aromatic N) is 2. The zero-order valence-corrected chi connectivity index (χ0v) is 19.1. The van der Waals surface area contributed by atoms with Gasteiger partial charge in [0.1, 0.15) is 5.82 Å². The summed E-state index contributed by atoms with van der Waals surface area (Å²) in [6.07, 6.45) is 6.08. The highest BCUT2D eigenvalue weighted by molar-refractivity contribution is 6.35. The second-order valence-electron chi connectivity index (χ2n) is 8.18. The third kappa shape index (κ3) is 3.97. The number of amides is 2. The summed E-state index contributed by atoms with van der Waals surface area (Å²) >= 11 is 6.50. The minimum Gasteiger partial charge on any atom is -0.338 e. The number of carbonyl (C=O) groups excluding carboxylic acids is 2. The maximum absolute atomic E-state index is 13.6. The molecule has 7 heteroatoms. The monoisotopic (exact) mass is 473 g/mol. The van der Waals surface area contributed by atoms with E-state index >= 15 is 0 Å². The van der Waals surface area contributed by atoms with Crippen molar-refractivity contribution in [2.24, 2.45) is 0 Å². The van der Waals surface area contributed by atoms with E-state index in [4.69, 9.17) is 11.6 Å². The fourth-order valence-corrected chi connectivity index (χ4v) is 4.50. The lowest BCUT2D eigenvalue weighted by molar-refractivity contribution is 0.0987. The first-order chi connectivity index (χ1) is 16.4. The van der Waals surface area contributed by atoms with Gasteiger partial charge in [-0.1, -0.05) is 42.0 Å². The summed E-state index contributed by atoms with van der Waals surface area (Å²) in [7, 11) is 0. The Morgan fingerprint density at radius 2 is 1.79 bits per heavy atom. The van der Waals surface area contributed by atoms with E-state index < -0.39 is 11.7 Å². The van der Waals surface area contributed by atoms with Crippen LogP contribution in [0.1, 0.15) is 26.3 Å². The summed E-state index contributed by atoms with van der Waals surface area (Å²) in [5.41, 5.74) is 4.44. The van der Waals surface area contributed by atoms with Crippen molar-refractivity contribution >= 4 is 40.5 Å². The molecule has 2 heterocycles. The number of carbonyl (C=O) groups is 2. The van der Waals surface area contributed by atoms with Gasteiger partial charge in [-0.2, -0.15) is 0 Å². The Morgan fingerprint density at radius 1 is 1.00 bits per heavy atom. The molecule has 0 aliphatic carbocycles. The molecule has 0 unspecified atom stereocenters. The molecule has 5 rings (SSSR count). The Kier molecular flexibility index (Phi) is 5.67. The molecule has 0 radical (unpaired) electrons. The third-order valence-electron chi connectivity index (χ3n) is 5.99. The Morgan fingerprint density at radius 3 is 2.59 bits per heavy atom. The van der Waals surface area contributed by atoms with Gasteiger partial charge in [-0.3, -0.25) is 9.59 Å². The van der Waals surface area contributed by atoms with E-state index in [-0.39, 0.29) is 16.5 Å². The molecule has 0 fully saturated rings. The molecule has 0 bridgehead atoms. The standard InChI is InChI=1S/C27H21ClFN3O2/c1-17-9-10-18(29)14-22(17)26(33)30-19-11-12-21(23(28)15-19)27(34)32-16-20-6-4-5-13-31(20)24-7-2-3-8-25(24)32/h2-12,14-15H,13,16H2,1H3,(H,30,33). The maximum Gasteiger partial charge on any atom is 0.260 e. The Hall–Kier alpha value is -3.90. The lowest BCUT2D eigenvalue weighted by atomic mass is 10.1. The van der Waals surface area contributed by atoms with Gasteiger partial charge < -0.3 is 15.1 Å². The average Bonchev–Trinajstić information content (AvgIpc) is 2.84. The SMILES string of the molecule is Cc1ccc(F)cc1C(=O)Nc1ccc(C(=O)N2CC3=CC=CCN3c3ccccc32)c(Cl)c1. The average molecular weight is 474 g/mol. The smallest absolute Gasteiger partial charge is 0.260 e. The Labute approximate surface area is 201 Å². The molecule has 2 aliphatic rings. The van der Waals surface area contributed by atoms with Crippen LogP contribution in [0.15, 0.2) is 84.6 Å². The molecular formula is C27H21ClFN3O2. The van der Waals surface area contributed by atoms with Crippen LogP contribution in [0.3, 0.4) is 0 Å². The number of hydrogen-bond donors (Lipinski definition) is 1. The molecule has 0 saturated heterocycles. The number of hydrogen-bond acceptors (Lipinski definition) is 3. The van der Waals surface area contributed by atoms with E-state index in [9.17, 15) is 14.0 Å². The summed E-state index contributed by atoms with van der Waals surface area (Å²) in [5.74, 6) is -1.17. The predicted octanol–water partition coefficient (Wildman–Crippen LogP) is 5.96. The van der Waals surface area contributed by atoms with Gasteiger partial charge in [0.15, 0.2) is 0 Å². The Balaban J connectivity index is 1.42. The van der Waals surface area contributed by atoms with Gasteiger partial charge >= 0.3 is 0 Å². The number of aryl methyl sites for hydroxylation is 1. The van der Waals surface area contributed by atoms with Crippen molar-refractivity contribution < 1.29 is 14.0 Å². The summed E-state index contributed by atoms with van der Waals surface area (Å²) in [6, 6.07) is 16.6. The predicted molar refractivity (Wildman–Crippen MR) is 133 cm³/mol. The topological polar surface area (TPSA) is 52.7 Å². The van der Waals surface area contributed by atoms with E-state index in [1.807, 2.05) is 36.4 Å². The first-order valence-corrected chi connectivity index (χ1v) is 11.2. The molecule has 2 amide bonds. The highest BCUT2D eigenvalue weighted by Gasteiger charge is 2.31. The Bertz CT molecular complexity index is 1380. The molecule has 0 saturated carbocycles. The first kappa shape index (κ1) is 21.9. The second-order valence-corrected chi connectivity index (χ2v) is 8.59. The minimum absolute atomic E-state index is 0.219. The van der Waals surface area contributed by atoms with E-state index in [1.165, 1.54) is 18.2 Å². The summed E-state index contributed by atoms with van der Waals surface area (Å²) in [6.45, 7) is 2.91. The summed E-state index contributed by atoms with van der Waals surface area (Å²) < 4.78 is 13.6. The van der Waals surface area contributed by atoms with Crippen molar-refractivity contribution in [3.8, 4) is 0 Å². The van der Waals surface area contributed by atoms with Gasteiger partial charge in [0.05, 0.1) is 28.5 Å². The van der Waals surface area contributed by atoms with Gasteiger partial charge in [-0.05, 0) is 61.0 Å². The lowest BCUT2D eigenvalue weighted by Crippen LogP contribution is -2.43. The quantitative estimate of drug-likeness (QED) is 0.510. The molecule has 0 aromatic heterocycles. The normalized spacial score (nSPS) is 14.3. The number of benzene rings is 3. The van der Waals surface area contributed by atoms with Crippen LogP contribution in [0.5, 0.6) is 0 Å². The van der Waals surface area contributed by atoms with E-state index in [0.717, 1.165) is 23.6 Å². The molecule has 3 aromatic carbocycles. The van der Waals surface area contributed by atoms with Crippen LogP contribution in [-0.2, 0) is 0 Å². The van der Waals surface area contributed by atoms with Crippen molar-refractivity contribution in [1.29, 1.82) is 0 Å². The van der Waals surface area contributed by atoms with Crippen molar-refractivity contribution in [3.05, 3.63) is 112 Å². The number of nitrogens with one attached hydrogen (secondary N) is 1. The largest absolute Gasteiger partial charge is 0.338 e. The van der Waals surface area contributed by atoms with Crippen molar-refractivity contribution in [2.45, 2.75) is 6.92 Å². The third-order valence-corrected chi connectivity index (χ3v) is 6.30. The van der Waals surface area contributed by atoms with Gasteiger partial charge in [-0.15, -0.1) is 0 Å². The van der Waals surface area contributed by atoms with Crippen LogP contribution in [-0.4, -0.2) is 24.9 Å². The highest BCUT2D eigenvalue weighted by atomic mass is 35.5. The van der Waals surface area contributed by atoms with Crippen LogP contribution in [0.2, 0.25) is 5.02 Å². The van der Waals surface area contributed by atoms with Crippen molar-refractivity contribution in [2.75, 3.05) is 28.2 Å². The molecule has 170 valence electrons. The summed E-state index contributed by atoms with van der Waals surface area (Å²) in [5, 5.41) is 2.95. The lowest BCUT2D eigenvalue weighted by Gasteiger charge is -2.40. The zero-order chi connectivity index (χ0) is 23.8. The number of rotatable bonds is 3. The van der Waals surface area contributed by atoms with Crippen molar-refractivity contribution in [3.63, 3.8) is 0 Å². The molecular weight excluding hydrogens is 453 g/mol. The number of anilines is 3. The van der Waals surface area contributed by atoms with E-state index in [0.29, 0.717) is 23.4 Å². The summed E-state index contributed by atoms with van der Waals surface area (Å²) in [4.78, 5) is 30.1. The maximum atomic E-state index is 13.6. The molecule has 2 aliphatic heterocycles. The molecule has 1 N–H and O–H groups in total. The fraction of sp³-hybridized carbons (Fsp3) is 0.111. The van der Waals surface area contributed by atoms with Crippen LogP contribution < -0.4 is 15.1 Å². The van der Waals surface area contributed by atoms with Gasteiger partial charge in [0, 0.05) is 23.5 Å². The molecule has 3 aromatic rings. The zero-order valence-electron chi connectivity index (χ0n) is 18.4.